The molecule has 0 amide bonds. The van der Waals surface area contributed by atoms with Gasteiger partial charge < -0.3 is 0 Å². The molecular weight excluding hydrogens is 220 g/mol. The number of nitrogens with one attached hydrogen (secondary N) is 1. The minimum atomic E-state index is -0.0127. The van der Waals surface area contributed by atoms with Crippen molar-refractivity contribution in [3.63, 3.8) is 0 Å². The number of fused-ring (bicyclic) bond motifs is 1. The monoisotopic (exact) mass is 228 g/mol. The lowest BCUT2D eigenvalue weighted by Gasteiger charge is -2.14. The third-order valence-electron chi connectivity index (χ3n) is 2.20. The summed E-state index contributed by atoms with van der Waals surface area (Å²) in [6.07, 6.45) is 1.78. The van der Waals surface area contributed by atoms with Crippen LogP contribution in [0, 0.1) is 6.92 Å². The quantitative estimate of drug-likeness (QED) is 0.687. The minimum absolute atomic E-state index is 0.0127. The summed E-state index contributed by atoms with van der Waals surface area (Å²) < 4.78 is 0. The number of halogens is 1. The van der Waals surface area contributed by atoms with Gasteiger partial charge in [-0.2, -0.15) is 5.10 Å². The molecule has 1 aromatic heterocycles. The highest BCUT2D eigenvalue weighted by Gasteiger charge is 2.28. The summed E-state index contributed by atoms with van der Waals surface area (Å²) in [5, 5.41) is 6.90. The summed E-state index contributed by atoms with van der Waals surface area (Å²) in [5.74, 6) is 0.169. The Morgan fingerprint density at radius 3 is 3.17 bits per heavy atom. The van der Waals surface area contributed by atoms with Crippen molar-refractivity contribution in [2.75, 3.05) is 0 Å². The number of carbonyl (C=O) groups excluding carboxylic acids is 1. The maximum Gasteiger partial charge on any atom is 0.180 e. The molecule has 3 nitrogen and oxygen atoms in total. The molecule has 1 aromatic rings. The molecule has 0 saturated carbocycles. The highest BCUT2D eigenvalue weighted by atomic mass is 79.9. The number of ketones is 1. The van der Waals surface area contributed by atoms with Crippen LogP contribution in [0.4, 0.5) is 0 Å². The molecule has 0 aliphatic heterocycles. The summed E-state index contributed by atoms with van der Waals surface area (Å²) in [7, 11) is 0. The third kappa shape index (κ3) is 1.02. The van der Waals surface area contributed by atoms with Gasteiger partial charge in [-0.3, -0.25) is 9.89 Å². The number of aromatic amines is 1. The molecule has 64 valence electrons. The van der Waals surface area contributed by atoms with Crippen LogP contribution in [0.5, 0.6) is 0 Å². The van der Waals surface area contributed by atoms with Crippen LogP contribution in [-0.4, -0.2) is 20.8 Å². The molecule has 2 rings (SSSR count). The fraction of sp³-hybridized carbons (Fsp3) is 0.500. The Balaban J connectivity index is 2.53. The van der Waals surface area contributed by atoms with E-state index in [0.29, 0.717) is 0 Å². The van der Waals surface area contributed by atoms with Crippen molar-refractivity contribution >= 4 is 21.7 Å². The SMILES string of the molecule is Cc1n[nH]c2c1C(=O)C(Br)CC2. The maximum absolute atomic E-state index is 11.6. The first-order valence-electron chi connectivity index (χ1n) is 3.92. The number of aromatic nitrogens is 2. The van der Waals surface area contributed by atoms with Gasteiger partial charge in [0, 0.05) is 5.69 Å². The second-order valence-corrected chi connectivity index (χ2v) is 4.14. The van der Waals surface area contributed by atoms with Gasteiger partial charge in [0.2, 0.25) is 0 Å². The summed E-state index contributed by atoms with van der Waals surface area (Å²) >= 11 is 3.35. The predicted molar refractivity (Wildman–Crippen MR) is 48.7 cm³/mol. The lowest BCUT2D eigenvalue weighted by molar-refractivity contribution is 0.0981. The van der Waals surface area contributed by atoms with E-state index < -0.39 is 0 Å². The van der Waals surface area contributed by atoms with Gasteiger partial charge in [0.05, 0.1) is 16.1 Å². The molecular formula is C8H9BrN2O. The number of hydrogen-bond donors (Lipinski definition) is 1. The van der Waals surface area contributed by atoms with E-state index in [1.165, 1.54) is 0 Å². The number of alkyl halides is 1. The number of aryl methyl sites for hydroxylation is 2. The molecule has 1 heterocycles. The zero-order valence-electron chi connectivity index (χ0n) is 6.72. The molecule has 0 spiro atoms. The van der Waals surface area contributed by atoms with Crippen LogP contribution >= 0.6 is 15.9 Å². The van der Waals surface area contributed by atoms with Gasteiger partial charge in [-0.25, -0.2) is 0 Å². The van der Waals surface area contributed by atoms with Crippen LogP contribution in [0.3, 0.4) is 0 Å². The predicted octanol–water partition coefficient (Wildman–Crippen LogP) is 1.61. The average Bonchev–Trinajstić information content (AvgIpc) is 2.41. The molecule has 0 fully saturated rings. The average molecular weight is 229 g/mol. The van der Waals surface area contributed by atoms with Gasteiger partial charge in [-0.1, -0.05) is 15.9 Å². The first-order chi connectivity index (χ1) is 5.70. The lowest BCUT2D eigenvalue weighted by Crippen LogP contribution is -2.22. The maximum atomic E-state index is 11.6. The van der Waals surface area contributed by atoms with Crippen LogP contribution in [-0.2, 0) is 6.42 Å². The fourth-order valence-corrected chi connectivity index (χ4v) is 2.01. The van der Waals surface area contributed by atoms with Crippen molar-refractivity contribution in [3.05, 3.63) is 17.0 Å². The van der Waals surface area contributed by atoms with Crippen molar-refractivity contribution in [2.24, 2.45) is 0 Å². The van der Waals surface area contributed by atoms with Gasteiger partial charge in [0.25, 0.3) is 0 Å². The minimum Gasteiger partial charge on any atom is -0.293 e. The van der Waals surface area contributed by atoms with Gasteiger partial charge in [0.1, 0.15) is 0 Å². The molecule has 1 aliphatic carbocycles. The van der Waals surface area contributed by atoms with E-state index in [1.54, 1.807) is 0 Å². The number of rotatable bonds is 0. The Labute approximate surface area is 78.7 Å². The first-order valence-corrected chi connectivity index (χ1v) is 4.84. The first kappa shape index (κ1) is 7.98. The van der Waals surface area contributed by atoms with Crippen molar-refractivity contribution in [2.45, 2.75) is 24.6 Å². The topological polar surface area (TPSA) is 45.8 Å². The van der Waals surface area contributed by atoms with E-state index in [1.807, 2.05) is 6.92 Å². The molecule has 1 N–H and O–H groups in total. The summed E-state index contributed by atoms with van der Waals surface area (Å²) in [5.41, 5.74) is 2.61. The van der Waals surface area contributed by atoms with Gasteiger partial charge in [0.15, 0.2) is 5.78 Å². The summed E-state index contributed by atoms with van der Waals surface area (Å²) in [4.78, 5) is 11.6. The molecule has 0 aromatic carbocycles. The Morgan fingerprint density at radius 2 is 2.42 bits per heavy atom. The molecule has 1 aliphatic rings. The van der Waals surface area contributed by atoms with Crippen molar-refractivity contribution in [1.29, 1.82) is 0 Å². The summed E-state index contributed by atoms with van der Waals surface area (Å²) in [6.45, 7) is 1.86. The number of H-pyrrole nitrogens is 1. The van der Waals surface area contributed by atoms with Crippen LogP contribution < -0.4 is 0 Å². The molecule has 12 heavy (non-hydrogen) atoms. The molecule has 0 radical (unpaired) electrons. The second kappa shape index (κ2) is 2.69. The zero-order chi connectivity index (χ0) is 8.72. The third-order valence-corrected chi connectivity index (χ3v) is 3.07. The Morgan fingerprint density at radius 1 is 1.67 bits per heavy atom. The molecule has 0 saturated heterocycles. The van der Waals surface area contributed by atoms with Gasteiger partial charge >= 0.3 is 0 Å². The van der Waals surface area contributed by atoms with E-state index >= 15 is 0 Å². The van der Waals surface area contributed by atoms with E-state index in [9.17, 15) is 4.79 Å². The standard InChI is InChI=1S/C8H9BrN2O/c1-4-7-6(11-10-4)3-2-5(9)8(7)12/h5H,2-3H2,1H3,(H,10,11). The van der Waals surface area contributed by atoms with Crippen LogP contribution in [0.2, 0.25) is 0 Å². The van der Waals surface area contributed by atoms with Crippen LogP contribution in [0.15, 0.2) is 0 Å². The smallest absolute Gasteiger partial charge is 0.180 e. The number of hydrogen-bond acceptors (Lipinski definition) is 2. The van der Waals surface area contributed by atoms with Crippen molar-refractivity contribution < 1.29 is 4.79 Å². The van der Waals surface area contributed by atoms with Crippen molar-refractivity contribution in [3.8, 4) is 0 Å². The Bertz CT molecular complexity index is 332. The van der Waals surface area contributed by atoms with E-state index in [2.05, 4.69) is 26.1 Å². The fourth-order valence-electron chi connectivity index (χ4n) is 1.55. The Hall–Kier alpha value is -0.640. The number of nitrogens with zero attached hydrogens (tertiary/aromatic N) is 1. The lowest BCUT2D eigenvalue weighted by atomic mass is 9.95. The van der Waals surface area contributed by atoms with Crippen LogP contribution in [0.25, 0.3) is 0 Å². The van der Waals surface area contributed by atoms with Gasteiger partial charge in [-0.15, -0.1) is 0 Å². The molecule has 1 atom stereocenters. The second-order valence-electron chi connectivity index (χ2n) is 3.03. The van der Waals surface area contributed by atoms with Gasteiger partial charge in [-0.05, 0) is 19.8 Å². The van der Waals surface area contributed by atoms with E-state index in [-0.39, 0.29) is 10.6 Å². The Kier molecular flexibility index (Phi) is 1.79. The normalized spacial score (nSPS) is 22.5. The molecule has 1 unspecified atom stereocenters. The zero-order valence-corrected chi connectivity index (χ0v) is 8.31. The number of carbonyl (C=O) groups is 1. The highest BCUT2D eigenvalue weighted by Crippen LogP contribution is 2.25. The van der Waals surface area contributed by atoms with E-state index in [4.69, 9.17) is 0 Å². The molecule has 0 bridgehead atoms. The largest absolute Gasteiger partial charge is 0.293 e. The molecule has 4 heteroatoms. The van der Waals surface area contributed by atoms with Crippen LogP contribution in [0.1, 0.15) is 28.2 Å². The van der Waals surface area contributed by atoms with E-state index in [0.717, 1.165) is 29.8 Å². The number of Topliss-reactive ketones (excluding diaryl/α,β-unsaturated/α-hetero) is 1. The highest BCUT2D eigenvalue weighted by molar-refractivity contribution is 9.10. The van der Waals surface area contributed by atoms with Crippen molar-refractivity contribution in [1.82, 2.24) is 10.2 Å². The summed E-state index contributed by atoms with van der Waals surface area (Å²) in [6, 6.07) is 0.